The van der Waals surface area contributed by atoms with Gasteiger partial charge in [-0.15, -0.1) is 17.5 Å². The molecule has 0 saturated carbocycles. The number of tetrazole rings is 1. The molecule has 0 fully saturated rings. The second-order valence-electron chi connectivity index (χ2n) is 5.16. The molecule has 3 rings (SSSR count). The van der Waals surface area contributed by atoms with Gasteiger partial charge in [-0.3, -0.25) is 0 Å². The molecule has 5 nitrogen and oxygen atoms in total. The zero-order valence-electron chi connectivity index (χ0n) is 13.4. The third kappa shape index (κ3) is 4.80. The van der Waals surface area contributed by atoms with Gasteiger partial charge in [-0.2, -0.15) is 4.68 Å². The van der Waals surface area contributed by atoms with Gasteiger partial charge in [0.1, 0.15) is 0 Å². The first-order valence-electron chi connectivity index (χ1n) is 7.56. The van der Waals surface area contributed by atoms with Gasteiger partial charge < -0.3 is 5.32 Å². The zero-order chi connectivity index (χ0) is 15.9. The van der Waals surface area contributed by atoms with Crippen LogP contribution in [0.15, 0.2) is 59.8 Å². The van der Waals surface area contributed by atoms with Gasteiger partial charge in [0.25, 0.3) is 0 Å². The largest absolute Gasteiger partial charge is 0.312 e. The Labute approximate surface area is 152 Å². The lowest BCUT2D eigenvalue weighted by Gasteiger charge is -2.07. The van der Waals surface area contributed by atoms with E-state index in [2.05, 4.69) is 52.0 Å². The van der Waals surface area contributed by atoms with Crippen LogP contribution in [0.4, 0.5) is 0 Å². The number of halogens is 1. The van der Waals surface area contributed by atoms with Crippen molar-refractivity contribution < 1.29 is 0 Å². The first-order valence-corrected chi connectivity index (χ1v) is 8.55. The van der Waals surface area contributed by atoms with Crippen molar-refractivity contribution in [1.82, 2.24) is 25.5 Å². The molecule has 126 valence electrons. The van der Waals surface area contributed by atoms with Crippen molar-refractivity contribution in [2.45, 2.75) is 18.6 Å². The molecule has 1 aromatic heterocycles. The molecule has 0 aliphatic rings. The average Bonchev–Trinajstić information content (AvgIpc) is 3.05. The molecule has 1 N–H and O–H groups in total. The summed E-state index contributed by atoms with van der Waals surface area (Å²) in [6, 6.07) is 18.4. The third-order valence-electron chi connectivity index (χ3n) is 3.53. The van der Waals surface area contributed by atoms with Crippen LogP contribution in [0.2, 0.25) is 0 Å². The van der Waals surface area contributed by atoms with Crippen molar-refractivity contribution in [2.75, 3.05) is 12.3 Å². The number of thioether (sulfide) groups is 1. The summed E-state index contributed by atoms with van der Waals surface area (Å²) in [6.07, 6.45) is 0. The van der Waals surface area contributed by atoms with Crippen molar-refractivity contribution in [3.05, 3.63) is 65.7 Å². The minimum Gasteiger partial charge on any atom is -0.312 e. The number of hydrogen-bond donors (Lipinski definition) is 1. The van der Waals surface area contributed by atoms with Crippen molar-refractivity contribution in [1.29, 1.82) is 0 Å². The summed E-state index contributed by atoms with van der Waals surface area (Å²) in [4.78, 5) is 0. The Morgan fingerprint density at radius 2 is 1.79 bits per heavy atom. The SMILES string of the molecule is Cc1ccccc1CNCCSc1nnnn1-c1ccccc1.Cl. The molecule has 0 aliphatic heterocycles. The van der Waals surface area contributed by atoms with Gasteiger partial charge in [0.15, 0.2) is 0 Å². The monoisotopic (exact) mass is 361 g/mol. The van der Waals surface area contributed by atoms with Crippen LogP contribution in [0, 0.1) is 6.92 Å². The van der Waals surface area contributed by atoms with Crippen LogP contribution in [-0.4, -0.2) is 32.5 Å². The van der Waals surface area contributed by atoms with E-state index in [0.717, 1.165) is 29.7 Å². The number of aromatic nitrogens is 4. The summed E-state index contributed by atoms with van der Waals surface area (Å²) >= 11 is 1.65. The van der Waals surface area contributed by atoms with E-state index in [4.69, 9.17) is 0 Å². The highest BCUT2D eigenvalue weighted by atomic mass is 35.5. The minimum atomic E-state index is 0. The van der Waals surface area contributed by atoms with E-state index < -0.39 is 0 Å². The molecule has 7 heteroatoms. The molecule has 0 radical (unpaired) electrons. The van der Waals surface area contributed by atoms with E-state index in [1.54, 1.807) is 16.4 Å². The average molecular weight is 362 g/mol. The second-order valence-corrected chi connectivity index (χ2v) is 6.22. The maximum atomic E-state index is 4.10. The lowest BCUT2D eigenvalue weighted by atomic mass is 10.1. The number of aryl methyl sites for hydroxylation is 1. The highest BCUT2D eigenvalue weighted by molar-refractivity contribution is 7.99. The number of nitrogens with one attached hydrogen (secondary N) is 1. The van der Waals surface area contributed by atoms with E-state index >= 15 is 0 Å². The van der Waals surface area contributed by atoms with Crippen molar-refractivity contribution in [3.8, 4) is 5.69 Å². The molecule has 1 heterocycles. The van der Waals surface area contributed by atoms with Gasteiger partial charge in [0.05, 0.1) is 5.69 Å². The van der Waals surface area contributed by atoms with E-state index in [-0.39, 0.29) is 12.4 Å². The molecular formula is C17H20ClN5S. The topological polar surface area (TPSA) is 55.6 Å². The maximum absolute atomic E-state index is 4.10. The normalized spacial score (nSPS) is 10.4. The Kier molecular flexibility index (Phi) is 7.24. The van der Waals surface area contributed by atoms with Gasteiger partial charge in [0.2, 0.25) is 5.16 Å². The van der Waals surface area contributed by atoms with Crippen LogP contribution < -0.4 is 5.32 Å². The summed E-state index contributed by atoms with van der Waals surface area (Å²) in [7, 11) is 0. The van der Waals surface area contributed by atoms with E-state index in [0.29, 0.717) is 0 Å². The van der Waals surface area contributed by atoms with Crippen LogP contribution in [-0.2, 0) is 6.54 Å². The van der Waals surface area contributed by atoms with Gasteiger partial charge in [-0.05, 0) is 40.6 Å². The predicted molar refractivity (Wildman–Crippen MR) is 100 cm³/mol. The number of para-hydroxylation sites is 1. The van der Waals surface area contributed by atoms with E-state index in [1.807, 2.05) is 30.3 Å². The molecule has 0 aliphatic carbocycles. The van der Waals surface area contributed by atoms with E-state index in [1.165, 1.54) is 11.1 Å². The smallest absolute Gasteiger partial charge is 0.214 e. The van der Waals surface area contributed by atoms with Crippen LogP contribution in [0.5, 0.6) is 0 Å². The molecule has 0 saturated heterocycles. The summed E-state index contributed by atoms with van der Waals surface area (Å²) in [5, 5.41) is 16.2. The number of rotatable bonds is 7. The van der Waals surface area contributed by atoms with Gasteiger partial charge in [-0.1, -0.05) is 54.2 Å². The quantitative estimate of drug-likeness (QED) is 0.517. The molecule has 0 spiro atoms. The number of hydrogen-bond acceptors (Lipinski definition) is 5. The van der Waals surface area contributed by atoms with Gasteiger partial charge in [-0.25, -0.2) is 0 Å². The maximum Gasteiger partial charge on any atom is 0.214 e. The van der Waals surface area contributed by atoms with Crippen LogP contribution in [0.1, 0.15) is 11.1 Å². The van der Waals surface area contributed by atoms with Crippen molar-refractivity contribution >= 4 is 24.2 Å². The first-order chi connectivity index (χ1) is 11.3. The third-order valence-corrected chi connectivity index (χ3v) is 4.45. The standard InChI is InChI=1S/C17H19N5S.ClH/c1-14-7-5-6-8-15(14)13-18-11-12-23-17-19-20-21-22(17)16-9-3-2-4-10-16;/h2-10,18H,11-13H2,1H3;1H. The summed E-state index contributed by atoms with van der Waals surface area (Å²) in [5.41, 5.74) is 3.64. The van der Waals surface area contributed by atoms with Crippen LogP contribution in [0.25, 0.3) is 5.69 Å². The lowest BCUT2D eigenvalue weighted by molar-refractivity contribution is 0.725. The molecule has 0 amide bonds. The second kappa shape index (κ2) is 9.42. The molecule has 0 unspecified atom stereocenters. The molecule has 2 aromatic carbocycles. The van der Waals surface area contributed by atoms with Crippen LogP contribution in [0.3, 0.4) is 0 Å². The molecule has 3 aromatic rings. The van der Waals surface area contributed by atoms with Crippen molar-refractivity contribution in [2.24, 2.45) is 0 Å². The summed E-state index contributed by atoms with van der Waals surface area (Å²) < 4.78 is 1.77. The zero-order valence-corrected chi connectivity index (χ0v) is 15.1. The Morgan fingerprint density at radius 3 is 2.58 bits per heavy atom. The Morgan fingerprint density at radius 1 is 1.04 bits per heavy atom. The predicted octanol–water partition coefficient (Wildman–Crippen LogP) is 3.27. The molecular weight excluding hydrogens is 342 g/mol. The molecule has 24 heavy (non-hydrogen) atoms. The van der Waals surface area contributed by atoms with Crippen molar-refractivity contribution in [3.63, 3.8) is 0 Å². The lowest BCUT2D eigenvalue weighted by Crippen LogP contribution is -2.17. The highest BCUT2D eigenvalue weighted by Crippen LogP contribution is 2.17. The summed E-state index contributed by atoms with van der Waals surface area (Å²) in [5.74, 6) is 0.916. The molecule has 0 bridgehead atoms. The number of nitrogens with zero attached hydrogens (tertiary/aromatic N) is 4. The van der Waals surface area contributed by atoms with Crippen LogP contribution >= 0.6 is 24.2 Å². The fourth-order valence-electron chi connectivity index (χ4n) is 2.25. The van der Waals surface area contributed by atoms with Gasteiger partial charge >= 0.3 is 0 Å². The number of benzene rings is 2. The minimum absolute atomic E-state index is 0. The summed E-state index contributed by atoms with van der Waals surface area (Å²) in [6.45, 7) is 3.93. The fraction of sp³-hybridized carbons (Fsp3) is 0.235. The highest BCUT2D eigenvalue weighted by Gasteiger charge is 2.08. The Balaban J connectivity index is 0.00000208. The van der Waals surface area contributed by atoms with E-state index in [9.17, 15) is 0 Å². The molecule has 0 atom stereocenters. The Hall–Kier alpha value is -1.89. The fourth-order valence-corrected chi connectivity index (χ4v) is 3.03. The van der Waals surface area contributed by atoms with Gasteiger partial charge in [0, 0.05) is 18.8 Å². The Bertz CT molecular complexity index is 748. The first kappa shape index (κ1) is 18.4.